The van der Waals surface area contributed by atoms with Crippen molar-refractivity contribution >= 4 is 0 Å². The first kappa shape index (κ1) is 18.3. The fourth-order valence-electron chi connectivity index (χ4n) is 7.74. The molecular formula is C22H41N3. The summed E-state index contributed by atoms with van der Waals surface area (Å²) in [5, 5.41) is 3.72. The van der Waals surface area contributed by atoms with Crippen LogP contribution < -0.4 is 16.8 Å². The van der Waals surface area contributed by atoms with E-state index in [1.165, 1.54) is 77.3 Å². The first-order chi connectivity index (χ1) is 12.3. The molecule has 4 aliphatic rings. The lowest BCUT2D eigenvalue weighted by molar-refractivity contribution is 0.207. The molecule has 8 atom stereocenters. The summed E-state index contributed by atoms with van der Waals surface area (Å²) in [6, 6.07) is 0. The van der Waals surface area contributed by atoms with Gasteiger partial charge in [0.25, 0.3) is 0 Å². The van der Waals surface area contributed by atoms with Gasteiger partial charge in [0.15, 0.2) is 0 Å². The van der Waals surface area contributed by atoms with E-state index in [-0.39, 0.29) is 0 Å². The Morgan fingerprint density at radius 1 is 0.600 bits per heavy atom. The Labute approximate surface area is 155 Å². The predicted molar refractivity (Wildman–Crippen MR) is 105 cm³/mol. The van der Waals surface area contributed by atoms with Gasteiger partial charge < -0.3 is 16.8 Å². The van der Waals surface area contributed by atoms with Gasteiger partial charge in [-0.15, -0.1) is 0 Å². The number of rotatable bonds is 10. The Morgan fingerprint density at radius 3 is 1.40 bits per heavy atom. The first-order valence-corrected chi connectivity index (χ1v) is 11.4. The fourth-order valence-corrected chi connectivity index (χ4v) is 7.74. The monoisotopic (exact) mass is 347 g/mol. The van der Waals surface area contributed by atoms with E-state index >= 15 is 0 Å². The highest BCUT2D eigenvalue weighted by Gasteiger charge is 2.46. The van der Waals surface area contributed by atoms with Crippen molar-refractivity contribution in [3.63, 3.8) is 0 Å². The molecular weight excluding hydrogens is 306 g/mol. The van der Waals surface area contributed by atoms with Gasteiger partial charge in [0.05, 0.1) is 0 Å². The minimum Gasteiger partial charge on any atom is -0.330 e. The number of nitrogens with two attached hydrogens (primary N) is 2. The molecule has 4 rings (SSSR count). The van der Waals surface area contributed by atoms with Crippen LogP contribution in [0.15, 0.2) is 0 Å². The molecule has 0 aromatic heterocycles. The van der Waals surface area contributed by atoms with E-state index in [0.717, 1.165) is 60.4 Å². The van der Waals surface area contributed by atoms with Crippen molar-refractivity contribution in [3.8, 4) is 0 Å². The average molecular weight is 348 g/mol. The Morgan fingerprint density at radius 2 is 1.00 bits per heavy atom. The van der Waals surface area contributed by atoms with Crippen molar-refractivity contribution in [1.82, 2.24) is 5.32 Å². The Bertz CT molecular complexity index is 387. The maximum atomic E-state index is 6.06. The van der Waals surface area contributed by atoms with E-state index in [2.05, 4.69) is 5.32 Å². The molecule has 0 aromatic rings. The van der Waals surface area contributed by atoms with E-state index in [4.69, 9.17) is 11.5 Å². The smallest absolute Gasteiger partial charge is 0.00435 e. The van der Waals surface area contributed by atoms with Crippen LogP contribution in [-0.4, -0.2) is 26.2 Å². The van der Waals surface area contributed by atoms with E-state index in [0.29, 0.717) is 0 Å². The average Bonchev–Trinajstić information content (AvgIpc) is 3.40. The largest absolute Gasteiger partial charge is 0.330 e. The zero-order valence-corrected chi connectivity index (χ0v) is 16.2. The van der Waals surface area contributed by atoms with Crippen LogP contribution in [0.5, 0.6) is 0 Å². The van der Waals surface area contributed by atoms with E-state index in [1.807, 2.05) is 0 Å². The summed E-state index contributed by atoms with van der Waals surface area (Å²) in [4.78, 5) is 0. The Balaban J connectivity index is 1.08. The molecule has 8 unspecified atom stereocenters. The van der Waals surface area contributed by atoms with Gasteiger partial charge in [0.2, 0.25) is 0 Å². The molecule has 0 saturated heterocycles. The van der Waals surface area contributed by atoms with Crippen LogP contribution in [0.25, 0.3) is 0 Å². The van der Waals surface area contributed by atoms with Crippen LogP contribution in [0.1, 0.15) is 64.2 Å². The molecule has 0 spiro atoms. The highest BCUT2D eigenvalue weighted by atomic mass is 14.8. The zero-order chi connectivity index (χ0) is 17.2. The van der Waals surface area contributed by atoms with Crippen molar-refractivity contribution in [2.24, 2.45) is 58.8 Å². The second-order valence-corrected chi connectivity index (χ2v) is 9.83. The molecule has 3 nitrogen and oxygen atoms in total. The molecule has 4 aliphatic carbocycles. The highest BCUT2D eigenvalue weighted by molar-refractivity contribution is 4.97. The lowest BCUT2D eigenvalue weighted by Gasteiger charge is -2.30. The lowest BCUT2D eigenvalue weighted by atomic mass is 9.77. The Kier molecular flexibility index (Phi) is 6.04. The maximum absolute atomic E-state index is 6.06. The van der Waals surface area contributed by atoms with Crippen LogP contribution in [0.3, 0.4) is 0 Å². The van der Waals surface area contributed by atoms with Gasteiger partial charge in [0, 0.05) is 0 Å². The van der Waals surface area contributed by atoms with Gasteiger partial charge >= 0.3 is 0 Å². The van der Waals surface area contributed by atoms with Crippen LogP contribution in [-0.2, 0) is 0 Å². The second kappa shape index (κ2) is 8.27. The third-order valence-electron chi connectivity index (χ3n) is 8.88. The van der Waals surface area contributed by atoms with Crippen molar-refractivity contribution in [1.29, 1.82) is 0 Å². The number of nitrogens with one attached hydrogen (secondary N) is 1. The van der Waals surface area contributed by atoms with Crippen LogP contribution in [0, 0.1) is 47.3 Å². The molecule has 3 heteroatoms. The van der Waals surface area contributed by atoms with Crippen molar-refractivity contribution in [2.45, 2.75) is 64.2 Å². The first-order valence-electron chi connectivity index (χ1n) is 11.4. The topological polar surface area (TPSA) is 64.1 Å². The molecule has 0 aliphatic heterocycles. The van der Waals surface area contributed by atoms with Gasteiger partial charge in [-0.1, -0.05) is 0 Å². The standard InChI is InChI=1S/C22H41N3/c23-13-21-17-7-5-15(11-17)19(21)3-1-9-25-10-2-4-20-16-6-8-18(12-16)22(20)14-24/h15-22,25H,1-14,23-24H2. The SMILES string of the molecule is NCC1C2CCC(C2)C1CCCNCCCC1C2CCC(C2)C1CN. The molecule has 4 bridgehead atoms. The van der Waals surface area contributed by atoms with Gasteiger partial charge in [0.1, 0.15) is 0 Å². The van der Waals surface area contributed by atoms with E-state index in [9.17, 15) is 0 Å². The quantitative estimate of drug-likeness (QED) is 0.531. The van der Waals surface area contributed by atoms with Crippen LogP contribution >= 0.6 is 0 Å². The highest BCUT2D eigenvalue weighted by Crippen LogP contribution is 2.54. The van der Waals surface area contributed by atoms with Crippen molar-refractivity contribution < 1.29 is 0 Å². The summed E-state index contributed by atoms with van der Waals surface area (Å²) >= 11 is 0. The molecule has 0 amide bonds. The van der Waals surface area contributed by atoms with E-state index in [1.54, 1.807) is 0 Å². The molecule has 144 valence electrons. The second-order valence-electron chi connectivity index (χ2n) is 9.83. The lowest BCUT2D eigenvalue weighted by Crippen LogP contribution is -2.30. The number of hydrogen-bond acceptors (Lipinski definition) is 3. The summed E-state index contributed by atoms with van der Waals surface area (Å²) in [5.74, 6) is 7.59. The molecule has 0 heterocycles. The van der Waals surface area contributed by atoms with Crippen molar-refractivity contribution in [2.75, 3.05) is 26.2 Å². The van der Waals surface area contributed by atoms with Crippen molar-refractivity contribution in [3.05, 3.63) is 0 Å². The number of hydrogen-bond donors (Lipinski definition) is 3. The number of fused-ring (bicyclic) bond motifs is 4. The molecule has 4 fully saturated rings. The molecule has 25 heavy (non-hydrogen) atoms. The molecule has 5 N–H and O–H groups in total. The normalized spacial score (nSPS) is 44.9. The fraction of sp³-hybridized carbons (Fsp3) is 1.00. The van der Waals surface area contributed by atoms with Crippen LogP contribution in [0.2, 0.25) is 0 Å². The molecule has 4 saturated carbocycles. The van der Waals surface area contributed by atoms with Crippen LogP contribution in [0.4, 0.5) is 0 Å². The maximum Gasteiger partial charge on any atom is -0.00435 e. The summed E-state index contributed by atoms with van der Waals surface area (Å²) in [7, 11) is 0. The van der Waals surface area contributed by atoms with Gasteiger partial charge in [-0.25, -0.2) is 0 Å². The molecule has 0 radical (unpaired) electrons. The summed E-state index contributed by atoms with van der Waals surface area (Å²) < 4.78 is 0. The molecule has 0 aromatic carbocycles. The summed E-state index contributed by atoms with van der Waals surface area (Å²) in [6.07, 6.45) is 14.4. The Hall–Kier alpha value is -0.120. The minimum atomic E-state index is 0.852. The third kappa shape index (κ3) is 3.66. The minimum absolute atomic E-state index is 0.852. The van der Waals surface area contributed by atoms with Gasteiger partial charge in [-0.3, -0.25) is 0 Å². The van der Waals surface area contributed by atoms with Gasteiger partial charge in [-0.2, -0.15) is 0 Å². The predicted octanol–water partition coefficient (Wildman–Crippen LogP) is 3.38. The third-order valence-corrected chi connectivity index (χ3v) is 8.88. The van der Waals surface area contributed by atoms with Gasteiger partial charge in [-0.05, 0) is 138 Å². The van der Waals surface area contributed by atoms with E-state index < -0.39 is 0 Å². The summed E-state index contributed by atoms with van der Waals surface area (Å²) in [6.45, 7) is 4.29. The zero-order valence-electron chi connectivity index (χ0n) is 16.2. The summed E-state index contributed by atoms with van der Waals surface area (Å²) in [5.41, 5.74) is 12.1.